The first kappa shape index (κ1) is 12.1. The quantitative estimate of drug-likeness (QED) is 0.686. The van der Waals surface area contributed by atoms with E-state index in [2.05, 4.69) is 0 Å². The van der Waals surface area contributed by atoms with Crippen LogP contribution in [0.3, 0.4) is 0 Å². The van der Waals surface area contributed by atoms with E-state index in [0.717, 1.165) is 17.0 Å². The maximum atomic E-state index is 11.7. The highest BCUT2D eigenvalue weighted by molar-refractivity contribution is 5.80. The lowest BCUT2D eigenvalue weighted by atomic mass is 10.2. The molecule has 2 heterocycles. The molecular weight excluding hydrogens is 244 g/mol. The lowest BCUT2D eigenvalue weighted by Gasteiger charge is -2.20. The molecule has 1 aromatic rings. The van der Waals surface area contributed by atoms with Gasteiger partial charge in [-0.2, -0.15) is 0 Å². The number of amides is 1. The van der Waals surface area contributed by atoms with Crippen LogP contribution in [0.1, 0.15) is 12.8 Å². The number of nitrogens with zero attached hydrogens (tertiary/aromatic N) is 2. The first-order valence-electron chi connectivity index (χ1n) is 5.32. The normalized spacial score (nSPS) is 18.9. The van der Waals surface area contributed by atoms with Crippen molar-refractivity contribution in [1.29, 1.82) is 0 Å². The zero-order chi connectivity index (χ0) is 13.3. The molecule has 1 saturated heterocycles. The summed E-state index contributed by atoms with van der Waals surface area (Å²) in [5.74, 6) is -2.01. The van der Waals surface area contributed by atoms with Gasteiger partial charge in [0.25, 0.3) is 0 Å². The molecule has 2 rings (SSSR count). The lowest BCUT2D eigenvalue weighted by Crippen LogP contribution is -2.43. The Morgan fingerprint density at radius 2 is 1.89 bits per heavy atom. The third-order valence-electron chi connectivity index (χ3n) is 2.74. The lowest BCUT2D eigenvalue weighted by molar-refractivity contribution is -0.141. The van der Waals surface area contributed by atoms with Gasteiger partial charge in [-0.3, -0.25) is 4.90 Å². The molecule has 0 spiro atoms. The number of carboxylic acid groups (broad SMARTS) is 1. The fourth-order valence-corrected chi connectivity index (χ4v) is 1.87. The minimum absolute atomic E-state index is 0.262. The van der Waals surface area contributed by atoms with E-state index in [0.29, 0.717) is 17.6 Å². The van der Waals surface area contributed by atoms with Gasteiger partial charge in [0.1, 0.15) is 6.04 Å². The molecule has 18 heavy (non-hydrogen) atoms. The molecule has 1 fully saturated rings. The Balaban J connectivity index is 2.11. The van der Waals surface area contributed by atoms with Gasteiger partial charge in [0.15, 0.2) is 0 Å². The first-order valence-corrected chi connectivity index (χ1v) is 5.32. The van der Waals surface area contributed by atoms with Crippen LogP contribution in [-0.2, 0) is 4.79 Å². The van der Waals surface area contributed by atoms with Crippen LogP contribution in [0.4, 0.5) is 4.79 Å². The van der Waals surface area contributed by atoms with Crippen molar-refractivity contribution in [1.82, 2.24) is 9.63 Å². The number of hydrogen-bond acceptors (Lipinski definition) is 5. The second kappa shape index (κ2) is 4.47. The van der Waals surface area contributed by atoms with Crippen molar-refractivity contribution in [3.63, 3.8) is 0 Å². The summed E-state index contributed by atoms with van der Waals surface area (Å²) in [6, 6.07) is 1.35. The number of carbonyl (C=O) groups excluding carboxylic acids is 1. The molecule has 0 bridgehead atoms. The standard InChI is InChI=1S/C10H12N2O6/c13-7-3-4-8(14)12(7)18-10(17)11-5-1-2-6(11)9(15)16/h3-4,6,13-14H,1-2,5H2,(H,15,16)/t6-/m0/s1. The number of aliphatic carboxylic acids is 1. The van der Waals surface area contributed by atoms with Crippen molar-refractivity contribution >= 4 is 12.1 Å². The summed E-state index contributed by atoms with van der Waals surface area (Å²) < 4.78 is 0.527. The van der Waals surface area contributed by atoms with Gasteiger partial charge >= 0.3 is 12.1 Å². The molecule has 0 radical (unpaired) electrons. The second-order valence-corrected chi connectivity index (χ2v) is 3.89. The first-order chi connectivity index (χ1) is 8.50. The predicted octanol–water partition coefficient (Wildman–Crippen LogP) is -0.00310. The minimum Gasteiger partial charge on any atom is -0.492 e. The Labute approximate surface area is 102 Å². The highest BCUT2D eigenvalue weighted by atomic mass is 16.7. The molecule has 1 atom stereocenters. The highest BCUT2D eigenvalue weighted by Crippen LogP contribution is 2.21. The zero-order valence-electron chi connectivity index (χ0n) is 9.31. The van der Waals surface area contributed by atoms with E-state index in [1.165, 1.54) is 0 Å². The Hall–Kier alpha value is -2.38. The van der Waals surface area contributed by atoms with Crippen LogP contribution in [-0.4, -0.2) is 49.6 Å². The van der Waals surface area contributed by atoms with E-state index in [1.54, 1.807) is 0 Å². The van der Waals surface area contributed by atoms with Crippen LogP contribution in [0.5, 0.6) is 11.8 Å². The molecule has 8 nitrogen and oxygen atoms in total. The fraction of sp³-hybridized carbons (Fsp3) is 0.400. The number of aromatic nitrogens is 1. The van der Waals surface area contributed by atoms with Gasteiger partial charge in [-0.15, -0.1) is 4.73 Å². The average molecular weight is 256 g/mol. The molecule has 98 valence electrons. The molecule has 0 aromatic carbocycles. The van der Waals surface area contributed by atoms with Crippen molar-refractivity contribution in [2.45, 2.75) is 18.9 Å². The Morgan fingerprint density at radius 1 is 1.28 bits per heavy atom. The minimum atomic E-state index is -1.11. The van der Waals surface area contributed by atoms with Crippen molar-refractivity contribution in [3.05, 3.63) is 12.1 Å². The van der Waals surface area contributed by atoms with Gasteiger partial charge in [0.2, 0.25) is 11.8 Å². The van der Waals surface area contributed by atoms with Crippen LogP contribution in [0.15, 0.2) is 12.1 Å². The number of likely N-dealkylation sites (tertiary alicyclic amines) is 1. The molecule has 0 saturated carbocycles. The molecule has 1 aliphatic rings. The van der Waals surface area contributed by atoms with Crippen molar-refractivity contribution in [3.8, 4) is 11.8 Å². The monoisotopic (exact) mass is 256 g/mol. The molecule has 1 aliphatic heterocycles. The predicted molar refractivity (Wildman–Crippen MR) is 57.1 cm³/mol. The number of carbonyl (C=O) groups is 2. The van der Waals surface area contributed by atoms with Crippen LogP contribution in [0.25, 0.3) is 0 Å². The summed E-state index contributed by atoms with van der Waals surface area (Å²) in [6.07, 6.45) is -0.00856. The summed E-state index contributed by atoms with van der Waals surface area (Å²) in [7, 11) is 0. The number of carboxylic acids is 1. The van der Waals surface area contributed by atoms with Crippen LogP contribution in [0.2, 0.25) is 0 Å². The molecular formula is C10H12N2O6. The van der Waals surface area contributed by atoms with Gasteiger partial charge in [0.05, 0.1) is 0 Å². The Morgan fingerprint density at radius 3 is 2.44 bits per heavy atom. The second-order valence-electron chi connectivity index (χ2n) is 3.89. The topological polar surface area (TPSA) is 112 Å². The molecule has 0 aliphatic carbocycles. The van der Waals surface area contributed by atoms with E-state index >= 15 is 0 Å². The third kappa shape index (κ3) is 2.04. The summed E-state index contributed by atoms with van der Waals surface area (Å²) in [5, 5.41) is 27.5. The van der Waals surface area contributed by atoms with Gasteiger partial charge in [-0.25, -0.2) is 9.59 Å². The van der Waals surface area contributed by atoms with Gasteiger partial charge in [-0.05, 0) is 12.8 Å². The third-order valence-corrected chi connectivity index (χ3v) is 2.74. The molecule has 1 aromatic heterocycles. The van der Waals surface area contributed by atoms with E-state index in [1.807, 2.05) is 0 Å². The van der Waals surface area contributed by atoms with E-state index in [9.17, 15) is 19.8 Å². The highest BCUT2D eigenvalue weighted by Gasteiger charge is 2.35. The largest absolute Gasteiger partial charge is 0.492 e. The van der Waals surface area contributed by atoms with E-state index < -0.39 is 29.9 Å². The molecule has 1 amide bonds. The molecule has 3 N–H and O–H groups in total. The molecule has 0 unspecified atom stereocenters. The number of rotatable bonds is 2. The summed E-state index contributed by atoms with van der Waals surface area (Å²) >= 11 is 0. The van der Waals surface area contributed by atoms with E-state index in [4.69, 9.17) is 9.94 Å². The average Bonchev–Trinajstić information content (AvgIpc) is 2.90. The summed E-state index contributed by atoms with van der Waals surface area (Å²) in [6.45, 7) is 0.262. The van der Waals surface area contributed by atoms with Gasteiger partial charge in [-0.1, -0.05) is 0 Å². The summed E-state index contributed by atoms with van der Waals surface area (Å²) in [5.41, 5.74) is 0. The van der Waals surface area contributed by atoms with E-state index in [-0.39, 0.29) is 6.54 Å². The number of aromatic hydroxyl groups is 2. The maximum Gasteiger partial charge on any atom is 0.435 e. The molecule has 8 heteroatoms. The van der Waals surface area contributed by atoms with Crippen LogP contribution in [0, 0.1) is 0 Å². The Bertz CT molecular complexity index is 463. The number of hydrogen-bond donors (Lipinski definition) is 3. The van der Waals surface area contributed by atoms with Crippen LogP contribution < -0.4 is 4.84 Å². The SMILES string of the molecule is O=C(O)[C@@H]1CCCN1C(=O)On1c(O)ccc1O. The smallest absolute Gasteiger partial charge is 0.435 e. The summed E-state index contributed by atoms with van der Waals surface area (Å²) in [4.78, 5) is 28.4. The Kier molecular flexibility index (Phi) is 3.00. The maximum absolute atomic E-state index is 11.7. The van der Waals surface area contributed by atoms with Gasteiger partial charge in [0, 0.05) is 18.7 Å². The van der Waals surface area contributed by atoms with Crippen molar-refractivity contribution in [2.75, 3.05) is 6.54 Å². The van der Waals surface area contributed by atoms with Crippen molar-refractivity contribution < 1.29 is 29.7 Å². The van der Waals surface area contributed by atoms with Crippen molar-refractivity contribution in [2.24, 2.45) is 0 Å². The fourth-order valence-electron chi connectivity index (χ4n) is 1.87. The van der Waals surface area contributed by atoms with Crippen LogP contribution >= 0.6 is 0 Å². The van der Waals surface area contributed by atoms with Gasteiger partial charge < -0.3 is 20.2 Å². The zero-order valence-corrected chi connectivity index (χ0v) is 9.31.